The van der Waals surface area contributed by atoms with Gasteiger partial charge < -0.3 is 4.74 Å². The number of hydrogen-bond donors (Lipinski definition) is 0. The minimum absolute atomic E-state index is 0.0309. The molecule has 0 spiro atoms. The Balaban J connectivity index is 2.22. The van der Waals surface area contributed by atoms with Gasteiger partial charge in [-0.1, -0.05) is 0 Å². The molecule has 1 aromatic carbocycles. The molecule has 18 heavy (non-hydrogen) atoms. The lowest BCUT2D eigenvalue weighted by Crippen LogP contribution is -2.53. The molecule has 1 aromatic rings. The van der Waals surface area contributed by atoms with Crippen LogP contribution in [0.3, 0.4) is 0 Å². The number of non-ortho nitro benzene ring substituents is 1. The molecule has 0 saturated heterocycles. The molecule has 0 aliphatic heterocycles. The van der Waals surface area contributed by atoms with Crippen molar-refractivity contribution in [2.75, 3.05) is 0 Å². The monoisotopic (exact) mass is 313 g/mol. The highest BCUT2D eigenvalue weighted by molar-refractivity contribution is 9.10. The summed E-state index contributed by atoms with van der Waals surface area (Å²) in [5.74, 6) is 0.545. The summed E-state index contributed by atoms with van der Waals surface area (Å²) in [6.45, 7) is 3.63. The Bertz CT molecular complexity index is 527. The van der Waals surface area contributed by atoms with Crippen molar-refractivity contribution < 1.29 is 14.5 Å². The van der Waals surface area contributed by atoms with Crippen LogP contribution in [0.1, 0.15) is 20.3 Å². The topological polar surface area (TPSA) is 69.4 Å². The van der Waals surface area contributed by atoms with Crippen LogP contribution in [0, 0.1) is 15.5 Å². The Morgan fingerprint density at radius 1 is 1.50 bits per heavy atom. The van der Waals surface area contributed by atoms with Crippen molar-refractivity contribution >= 4 is 27.4 Å². The lowest BCUT2D eigenvalue weighted by molar-refractivity contribution is -0.385. The number of ether oxygens (including phenoxy) is 1. The highest BCUT2D eigenvalue weighted by Gasteiger charge is 2.49. The molecule has 0 aromatic heterocycles. The van der Waals surface area contributed by atoms with E-state index in [0.717, 1.165) is 0 Å². The SMILES string of the molecule is CC1(C)C(=O)CC1Oc1cc([N+](=O)[O-])ccc1Br. The standard InChI is InChI=1S/C12H12BrNO4/c1-12(2)10(15)6-11(12)18-9-5-7(14(16)17)3-4-8(9)13/h3-5,11H,6H2,1-2H3. The van der Waals surface area contributed by atoms with Crippen LogP contribution in [0.5, 0.6) is 5.75 Å². The molecule has 1 aliphatic rings. The number of benzene rings is 1. The molecular weight excluding hydrogens is 302 g/mol. The van der Waals surface area contributed by atoms with Crippen LogP contribution in [0.2, 0.25) is 0 Å². The van der Waals surface area contributed by atoms with Gasteiger partial charge in [-0.25, -0.2) is 0 Å². The molecule has 1 unspecified atom stereocenters. The Kier molecular flexibility index (Phi) is 3.14. The van der Waals surface area contributed by atoms with Crippen LogP contribution in [0.15, 0.2) is 22.7 Å². The average Bonchev–Trinajstić information content (AvgIpc) is 2.30. The molecular formula is C12H12BrNO4. The van der Waals surface area contributed by atoms with Crippen molar-refractivity contribution in [3.05, 3.63) is 32.8 Å². The van der Waals surface area contributed by atoms with E-state index in [-0.39, 0.29) is 17.6 Å². The van der Waals surface area contributed by atoms with Crippen LogP contribution in [-0.2, 0) is 4.79 Å². The summed E-state index contributed by atoms with van der Waals surface area (Å²) in [6, 6.07) is 4.33. The molecule has 0 radical (unpaired) electrons. The zero-order valence-electron chi connectivity index (χ0n) is 9.97. The summed E-state index contributed by atoms with van der Waals surface area (Å²) in [4.78, 5) is 21.6. The Morgan fingerprint density at radius 3 is 2.67 bits per heavy atom. The van der Waals surface area contributed by atoms with E-state index >= 15 is 0 Å². The molecule has 1 fully saturated rings. The van der Waals surface area contributed by atoms with Crippen molar-refractivity contribution in [1.29, 1.82) is 0 Å². The minimum Gasteiger partial charge on any atom is -0.487 e. The molecule has 2 rings (SSSR count). The third-order valence-corrected chi connectivity index (χ3v) is 3.94. The summed E-state index contributed by atoms with van der Waals surface area (Å²) in [7, 11) is 0. The van der Waals surface area contributed by atoms with Crippen molar-refractivity contribution in [2.24, 2.45) is 5.41 Å². The first kappa shape index (κ1) is 13.0. The number of halogens is 1. The number of nitro groups is 1. The molecule has 0 bridgehead atoms. The van der Waals surface area contributed by atoms with Gasteiger partial charge in [-0.05, 0) is 35.8 Å². The molecule has 96 valence electrons. The maximum absolute atomic E-state index is 11.4. The number of nitrogens with zero attached hydrogens (tertiary/aromatic N) is 1. The Hall–Kier alpha value is -1.43. The van der Waals surface area contributed by atoms with Gasteiger partial charge >= 0.3 is 0 Å². The van der Waals surface area contributed by atoms with E-state index in [9.17, 15) is 14.9 Å². The maximum Gasteiger partial charge on any atom is 0.273 e. The van der Waals surface area contributed by atoms with Crippen molar-refractivity contribution in [3.63, 3.8) is 0 Å². The van der Waals surface area contributed by atoms with Crippen molar-refractivity contribution in [2.45, 2.75) is 26.4 Å². The van der Waals surface area contributed by atoms with E-state index in [1.54, 1.807) is 6.07 Å². The first-order valence-corrected chi connectivity index (χ1v) is 6.25. The number of nitro benzene ring substituents is 1. The van der Waals surface area contributed by atoms with Crippen LogP contribution in [-0.4, -0.2) is 16.8 Å². The number of hydrogen-bond acceptors (Lipinski definition) is 4. The number of carbonyl (C=O) groups is 1. The van der Waals surface area contributed by atoms with E-state index in [2.05, 4.69) is 15.9 Å². The number of rotatable bonds is 3. The minimum atomic E-state index is -0.524. The van der Waals surface area contributed by atoms with E-state index in [1.807, 2.05) is 13.8 Å². The lowest BCUT2D eigenvalue weighted by atomic mass is 9.68. The highest BCUT2D eigenvalue weighted by atomic mass is 79.9. The fourth-order valence-electron chi connectivity index (χ4n) is 1.77. The lowest BCUT2D eigenvalue weighted by Gasteiger charge is -2.42. The van der Waals surface area contributed by atoms with Gasteiger partial charge in [-0.2, -0.15) is 0 Å². The third-order valence-electron chi connectivity index (χ3n) is 3.29. The molecule has 1 atom stereocenters. The number of ketones is 1. The summed E-state index contributed by atoms with van der Waals surface area (Å²) < 4.78 is 6.33. The van der Waals surface area contributed by atoms with Gasteiger partial charge in [0.2, 0.25) is 0 Å². The second-order valence-corrected chi connectivity index (χ2v) is 5.68. The van der Waals surface area contributed by atoms with Crippen LogP contribution < -0.4 is 4.74 Å². The normalized spacial score (nSPS) is 21.3. The van der Waals surface area contributed by atoms with Gasteiger partial charge in [0.05, 0.1) is 20.9 Å². The predicted octanol–water partition coefficient (Wildman–Crippen LogP) is 3.10. The fourth-order valence-corrected chi connectivity index (χ4v) is 2.11. The Morgan fingerprint density at radius 2 is 2.17 bits per heavy atom. The van der Waals surface area contributed by atoms with Gasteiger partial charge in [-0.3, -0.25) is 14.9 Å². The molecule has 0 heterocycles. The summed E-state index contributed by atoms with van der Waals surface area (Å²) in [5.41, 5.74) is -0.555. The predicted molar refractivity (Wildman–Crippen MR) is 68.6 cm³/mol. The van der Waals surface area contributed by atoms with E-state index in [1.165, 1.54) is 12.1 Å². The zero-order chi connectivity index (χ0) is 13.5. The zero-order valence-corrected chi connectivity index (χ0v) is 11.6. The molecule has 6 heteroatoms. The smallest absolute Gasteiger partial charge is 0.273 e. The molecule has 1 saturated carbocycles. The first-order valence-electron chi connectivity index (χ1n) is 5.46. The van der Waals surface area contributed by atoms with Crippen LogP contribution >= 0.6 is 15.9 Å². The first-order chi connectivity index (χ1) is 8.32. The van der Waals surface area contributed by atoms with Crippen LogP contribution in [0.25, 0.3) is 0 Å². The number of carbonyl (C=O) groups excluding carboxylic acids is 1. The summed E-state index contributed by atoms with van der Waals surface area (Å²) in [5, 5.41) is 10.7. The van der Waals surface area contributed by atoms with Gasteiger partial charge in [0.15, 0.2) is 0 Å². The van der Waals surface area contributed by atoms with Gasteiger partial charge in [0.25, 0.3) is 5.69 Å². The van der Waals surface area contributed by atoms with Crippen molar-refractivity contribution in [3.8, 4) is 5.75 Å². The third kappa shape index (κ3) is 2.12. The van der Waals surface area contributed by atoms with Crippen LogP contribution in [0.4, 0.5) is 5.69 Å². The summed E-state index contributed by atoms with van der Waals surface area (Å²) in [6.07, 6.45) is 0.116. The molecule has 5 nitrogen and oxygen atoms in total. The largest absolute Gasteiger partial charge is 0.487 e. The maximum atomic E-state index is 11.4. The van der Waals surface area contributed by atoms with E-state index in [0.29, 0.717) is 16.6 Å². The van der Waals surface area contributed by atoms with E-state index in [4.69, 9.17) is 4.74 Å². The Labute approximate surface area is 112 Å². The molecule has 0 N–H and O–H groups in total. The second-order valence-electron chi connectivity index (χ2n) is 4.83. The van der Waals surface area contributed by atoms with Gasteiger partial charge in [-0.15, -0.1) is 0 Å². The number of Topliss-reactive ketones (excluding diaryl/α,β-unsaturated/α-hetero) is 1. The van der Waals surface area contributed by atoms with Gasteiger partial charge in [0.1, 0.15) is 17.6 Å². The molecule has 0 amide bonds. The molecule has 1 aliphatic carbocycles. The van der Waals surface area contributed by atoms with E-state index < -0.39 is 10.3 Å². The van der Waals surface area contributed by atoms with Gasteiger partial charge in [0, 0.05) is 12.5 Å². The quantitative estimate of drug-likeness (QED) is 0.635. The fraction of sp³-hybridized carbons (Fsp3) is 0.417. The van der Waals surface area contributed by atoms with Crippen molar-refractivity contribution in [1.82, 2.24) is 0 Å². The second kappa shape index (κ2) is 4.35. The average molecular weight is 314 g/mol. The summed E-state index contributed by atoms with van der Waals surface area (Å²) >= 11 is 3.28. The highest BCUT2D eigenvalue weighted by Crippen LogP contribution is 2.41.